The van der Waals surface area contributed by atoms with E-state index >= 15 is 0 Å². The minimum absolute atomic E-state index is 0.101. The van der Waals surface area contributed by atoms with Crippen molar-refractivity contribution in [3.8, 4) is 0 Å². The molecule has 0 radical (unpaired) electrons. The van der Waals surface area contributed by atoms with Crippen molar-refractivity contribution in [1.82, 2.24) is 0 Å². The third-order valence-corrected chi connectivity index (χ3v) is 18.6. The number of aliphatic hydroxyl groups excluding tert-OH is 1. The van der Waals surface area contributed by atoms with Crippen LogP contribution in [0.4, 0.5) is 0 Å². The Labute approximate surface area is 573 Å². The minimum Gasteiger partial charge on any atom is -0.462 e. The van der Waals surface area contributed by atoms with E-state index in [1.54, 1.807) is 0 Å². The van der Waals surface area contributed by atoms with Gasteiger partial charge in [0.05, 0.1) is 26.4 Å². The lowest BCUT2D eigenvalue weighted by Gasteiger charge is -2.21. The second kappa shape index (κ2) is 68.8. The minimum atomic E-state index is -4.96. The van der Waals surface area contributed by atoms with Gasteiger partial charge in [-0.3, -0.25) is 37.3 Å². The fraction of sp³-hybridized carbons (Fsp3) is 0.867. The molecule has 0 aliphatic heterocycles. The first-order valence-electron chi connectivity index (χ1n) is 38.2. The van der Waals surface area contributed by atoms with E-state index in [0.29, 0.717) is 25.7 Å². The van der Waals surface area contributed by atoms with Crippen LogP contribution < -0.4 is 0 Å². The van der Waals surface area contributed by atoms with Crippen LogP contribution in [0.5, 0.6) is 0 Å². The second-order valence-electron chi connectivity index (χ2n) is 25.9. The molecule has 0 spiro atoms. The Balaban J connectivity index is 5.26. The molecule has 552 valence electrons. The standard InChI is InChI=1S/C75H140O17P2/c1-5-9-13-17-21-25-29-32-33-34-35-38-41-44-48-52-56-60-73(78)86-66-71(92-75(80)62-58-54-50-46-42-37-31-27-23-19-15-11-7-3)68-90-94(83,84)88-64-69(76)63-87-93(81,82)89-67-70(91-74(79)61-57-53-49-45-39-28-24-20-16-12-8-4)65-85-72(77)59-55-51-47-43-40-36-30-26-22-18-14-10-6-2/h9,13,21,25,32-33,69-71,76H,5-8,10-12,14-20,22-24,26-31,34-68H2,1-4H3,(H,81,82)(H,83,84)/b13-9-,25-21-,33-32-. The molecule has 0 aromatic heterocycles. The highest BCUT2D eigenvalue weighted by Gasteiger charge is 2.30. The molecule has 0 bridgehead atoms. The van der Waals surface area contributed by atoms with Crippen molar-refractivity contribution in [3.63, 3.8) is 0 Å². The van der Waals surface area contributed by atoms with Crippen LogP contribution in [0.1, 0.15) is 362 Å². The summed E-state index contributed by atoms with van der Waals surface area (Å²) < 4.78 is 68.4. The molecule has 3 N–H and O–H groups in total. The Bertz CT molecular complexity index is 1930. The SMILES string of the molecule is CC/C=C\C/C=C\C/C=C\CCCCCCCCCC(=O)OCC(COP(=O)(O)OCC(O)COP(=O)(O)OCC(COC(=O)CCCCCCCCCCCCCCC)OC(=O)CCCCCCCCCCCCC)OC(=O)CCCCCCCCCCCCCCC. The highest BCUT2D eigenvalue weighted by atomic mass is 31.2. The van der Waals surface area contributed by atoms with Gasteiger partial charge in [-0.2, -0.15) is 0 Å². The van der Waals surface area contributed by atoms with Gasteiger partial charge in [-0.1, -0.05) is 315 Å². The largest absolute Gasteiger partial charge is 0.472 e. The number of unbranched alkanes of at least 4 members (excludes halogenated alkanes) is 41. The van der Waals surface area contributed by atoms with Crippen LogP contribution in [0.25, 0.3) is 0 Å². The fourth-order valence-electron chi connectivity index (χ4n) is 10.8. The molecule has 0 heterocycles. The van der Waals surface area contributed by atoms with Gasteiger partial charge < -0.3 is 33.8 Å². The summed E-state index contributed by atoms with van der Waals surface area (Å²) in [4.78, 5) is 72.7. The molecule has 0 rings (SSSR count). The first-order chi connectivity index (χ1) is 45.7. The van der Waals surface area contributed by atoms with Crippen LogP contribution in [-0.4, -0.2) is 96.7 Å². The molecule has 0 fully saturated rings. The number of carbonyl (C=O) groups is 4. The molecule has 5 unspecified atom stereocenters. The molecule has 0 aromatic rings. The number of ether oxygens (including phenoxy) is 4. The van der Waals surface area contributed by atoms with Crippen molar-refractivity contribution < 1.29 is 80.2 Å². The van der Waals surface area contributed by atoms with E-state index in [1.807, 2.05) is 0 Å². The van der Waals surface area contributed by atoms with Crippen molar-refractivity contribution in [1.29, 1.82) is 0 Å². The number of hydrogen-bond acceptors (Lipinski definition) is 15. The molecular formula is C75H140O17P2. The summed E-state index contributed by atoms with van der Waals surface area (Å²) in [6.07, 6.45) is 62.7. The quantitative estimate of drug-likeness (QED) is 0.0169. The average Bonchev–Trinajstić information content (AvgIpc) is 2.15. The van der Waals surface area contributed by atoms with Crippen LogP contribution in [-0.2, 0) is 65.4 Å². The number of hydrogen-bond donors (Lipinski definition) is 3. The van der Waals surface area contributed by atoms with Gasteiger partial charge in [0.2, 0.25) is 0 Å². The van der Waals surface area contributed by atoms with Gasteiger partial charge in [0.25, 0.3) is 0 Å². The Morgan fingerprint density at radius 3 is 0.851 bits per heavy atom. The third kappa shape index (κ3) is 67.8. The lowest BCUT2D eigenvalue weighted by Crippen LogP contribution is -2.30. The highest BCUT2D eigenvalue weighted by molar-refractivity contribution is 7.47. The molecule has 0 saturated heterocycles. The van der Waals surface area contributed by atoms with Crippen molar-refractivity contribution in [2.24, 2.45) is 0 Å². The predicted octanol–water partition coefficient (Wildman–Crippen LogP) is 21.6. The molecule has 17 nitrogen and oxygen atoms in total. The zero-order chi connectivity index (χ0) is 69.0. The molecular weight excluding hydrogens is 1230 g/mol. The van der Waals surface area contributed by atoms with Crippen molar-refractivity contribution in [2.75, 3.05) is 39.6 Å². The van der Waals surface area contributed by atoms with Gasteiger partial charge in [0.1, 0.15) is 19.3 Å². The van der Waals surface area contributed by atoms with Crippen molar-refractivity contribution >= 4 is 39.5 Å². The van der Waals surface area contributed by atoms with E-state index in [9.17, 15) is 43.2 Å². The molecule has 0 aliphatic carbocycles. The predicted molar refractivity (Wildman–Crippen MR) is 381 cm³/mol. The lowest BCUT2D eigenvalue weighted by molar-refractivity contribution is -0.161. The van der Waals surface area contributed by atoms with Crippen LogP contribution in [0.2, 0.25) is 0 Å². The van der Waals surface area contributed by atoms with Crippen molar-refractivity contribution in [3.05, 3.63) is 36.5 Å². The summed E-state index contributed by atoms with van der Waals surface area (Å²) in [6, 6.07) is 0. The molecule has 5 atom stereocenters. The molecule has 0 amide bonds. The molecule has 0 saturated carbocycles. The first kappa shape index (κ1) is 91.3. The number of rotatable bonds is 73. The van der Waals surface area contributed by atoms with Gasteiger partial charge in [-0.25, -0.2) is 9.13 Å². The van der Waals surface area contributed by atoms with E-state index in [0.717, 1.165) is 135 Å². The van der Waals surface area contributed by atoms with Crippen molar-refractivity contribution in [2.45, 2.75) is 380 Å². The highest BCUT2D eigenvalue weighted by Crippen LogP contribution is 2.45. The molecule has 0 aliphatic rings. The number of allylic oxidation sites excluding steroid dienone is 6. The fourth-order valence-corrected chi connectivity index (χ4v) is 12.4. The lowest BCUT2D eigenvalue weighted by atomic mass is 10.0. The summed E-state index contributed by atoms with van der Waals surface area (Å²) in [5.41, 5.74) is 0. The van der Waals surface area contributed by atoms with E-state index in [4.69, 9.17) is 37.0 Å². The van der Waals surface area contributed by atoms with E-state index in [2.05, 4.69) is 64.2 Å². The molecule has 19 heteroatoms. The van der Waals surface area contributed by atoms with Gasteiger partial charge in [0, 0.05) is 25.7 Å². The number of carbonyl (C=O) groups excluding carboxylic acids is 4. The van der Waals surface area contributed by atoms with Crippen LogP contribution in [0.3, 0.4) is 0 Å². The number of esters is 4. The maximum atomic E-state index is 13.1. The summed E-state index contributed by atoms with van der Waals surface area (Å²) >= 11 is 0. The van der Waals surface area contributed by atoms with Gasteiger partial charge >= 0.3 is 39.5 Å². The van der Waals surface area contributed by atoms with E-state index in [1.165, 1.54) is 148 Å². The summed E-state index contributed by atoms with van der Waals surface area (Å²) in [6.45, 7) is 4.82. The maximum Gasteiger partial charge on any atom is 0.472 e. The number of aliphatic hydroxyl groups is 1. The molecule has 94 heavy (non-hydrogen) atoms. The Morgan fingerprint density at radius 2 is 0.553 bits per heavy atom. The summed E-state index contributed by atoms with van der Waals surface area (Å²) in [5, 5.41) is 10.6. The van der Waals surface area contributed by atoms with Crippen LogP contribution in [0, 0.1) is 0 Å². The summed E-state index contributed by atoms with van der Waals surface area (Å²) in [5.74, 6) is -2.14. The Hall–Kier alpha value is -2.72. The summed E-state index contributed by atoms with van der Waals surface area (Å²) in [7, 11) is -9.92. The molecule has 0 aromatic carbocycles. The van der Waals surface area contributed by atoms with Gasteiger partial charge in [-0.05, 0) is 57.8 Å². The average molecular weight is 1380 g/mol. The number of phosphoric acid groups is 2. The van der Waals surface area contributed by atoms with Gasteiger partial charge in [-0.15, -0.1) is 0 Å². The second-order valence-corrected chi connectivity index (χ2v) is 28.8. The monoisotopic (exact) mass is 1370 g/mol. The Kier molecular flexibility index (Phi) is 66.8. The normalized spacial score (nSPS) is 14.2. The topological polar surface area (TPSA) is 237 Å². The third-order valence-electron chi connectivity index (χ3n) is 16.6. The van der Waals surface area contributed by atoms with Crippen LogP contribution in [0.15, 0.2) is 36.5 Å². The van der Waals surface area contributed by atoms with Gasteiger partial charge in [0.15, 0.2) is 12.2 Å². The van der Waals surface area contributed by atoms with E-state index in [-0.39, 0.29) is 25.7 Å². The first-order valence-corrected chi connectivity index (χ1v) is 41.2. The smallest absolute Gasteiger partial charge is 0.462 e. The zero-order valence-corrected chi connectivity index (χ0v) is 61.9. The Morgan fingerprint density at radius 1 is 0.309 bits per heavy atom. The maximum absolute atomic E-state index is 13.1. The van der Waals surface area contributed by atoms with Crippen LogP contribution >= 0.6 is 15.6 Å². The van der Waals surface area contributed by atoms with E-state index < -0.39 is 97.5 Å². The zero-order valence-electron chi connectivity index (χ0n) is 60.2. The number of phosphoric ester groups is 2.